The maximum atomic E-state index is 11.0. The molecule has 0 aliphatic carbocycles. The first-order chi connectivity index (χ1) is 8.31. The molecule has 0 saturated carbocycles. The molecule has 8 heteroatoms. The van der Waals surface area contributed by atoms with Crippen LogP contribution in [0.5, 0.6) is 0 Å². The van der Waals surface area contributed by atoms with E-state index in [1.807, 2.05) is 0 Å². The van der Waals surface area contributed by atoms with Crippen molar-refractivity contribution in [3.05, 3.63) is 35.9 Å². The zero-order valence-electron chi connectivity index (χ0n) is 9.30. The number of rotatable bonds is 6. The Kier molecular flexibility index (Phi) is 5.01. The predicted octanol–water partition coefficient (Wildman–Crippen LogP) is -0.102. The van der Waals surface area contributed by atoms with E-state index < -0.39 is 32.0 Å². The van der Waals surface area contributed by atoms with E-state index >= 15 is 0 Å². The average molecular weight is 275 g/mol. The SMILES string of the molecule is O=C(O)[C@@H](NCP(=O)(O)O)C(O)c1ccccc1. The van der Waals surface area contributed by atoms with Crippen LogP contribution in [0.15, 0.2) is 30.3 Å². The summed E-state index contributed by atoms with van der Waals surface area (Å²) in [6.45, 7) is 0. The van der Waals surface area contributed by atoms with Gasteiger partial charge in [-0.1, -0.05) is 30.3 Å². The smallest absolute Gasteiger partial charge is 0.339 e. The zero-order valence-corrected chi connectivity index (χ0v) is 10.2. The monoisotopic (exact) mass is 275 g/mol. The molecular weight excluding hydrogens is 261 g/mol. The molecule has 0 aliphatic heterocycles. The summed E-state index contributed by atoms with van der Waals surface area (Å²) in [5.41, 5.74) is 0.350. The van der Waals surface area contributed by atoms with Crippen molar-refractivity contribution in [2.24, 2.45) is 0 Å². The summed E-state index contributed by atoms with van der Waals surface area (Å²) in [7, 11) is -4.38. The van der Waals surface area contributed by atoms with Crippen molar-refractivity contribution >= 4 is 13.6 Å². The molecule has 100 valence electrons. The van der Waals surface area contributed by atoms with Crippen LogP contribution >= 0.6 is 7.60 Å². The van der Waals surface area contributed by atoms with E-state index in [0.29, 0.717) is 5.56 Å². The van der Waals surface area contributed by atoms with Crippen LogP contribution in [-0.2, 0) is 9.36 Å². The summed E-state index contributed by atoms with van der Waals surface area (Å²) in [6.07, 6.45) is -2.20. The van der Waals surface area contributed by atoms with Gasteiger partial charge in [0.05, 0.1) is 6.29 Å². The third-order valence-corrected chi connectivity index (χ3v) is 2.83. The maximum absolute atomic E-state index is 11.0. The summed E-state index contributed by atoms with van der Waals surface area (Å²) in [5.74, 6) is -1.39. The number of aliphatic hydroxyl groups excluding tert-OH is 1. The lowest BCUT2D eigenvalue weighted by Gasteiger charge is -2.21. The van der Waals surface area contributed by atoms with Crippen molar-refractivity contribution in [2.75, 3.05) is 6.29 Å². The van der Waals surface area contributed by atoms with Gasteiger partial charge in [-0.15, -0.1) is 0 Å². The van der Waals surface area contributed by atoms with Crippen molar-refractivity contribution in [3.8, 4) is 0 Å². The largest absolute Gasteiger partial charge is 0.480 e. The number of aliphatic carboxylic acids is 1. The first kappa shape index (κ1) is 14.8. The topological polar surface area (TPSA) is 127 Å². The van der Waals surface area contributed by atoms with E-state index in [1.54, 1.807) is 18.2 Å². The van der Waals surface area contributed by atoms with E-state index in [0.717, 1.165) is 0 Å². The van der Waals surface area contributed by atoms with Gasteiger partial charge in [-0.2, -0.15) is 0 Å². The van der Waals surface area contributed by atoms with Crippen molar-refractivity contribution in [3.63, 3.8) is 0 Å². The third-order valence-electron chi connectivity index (χ3n) is 2.24. The number of nitrogens with one attached hydrogen (secondary N) is 1. The Hall–Kier alpha value is -1.24. The highest BCUT2D eigenvalue weighted by Gasteiger charge is 2.29. The molecule has 0 saturated heterocycles. The van der Waals surface area contributed by atoms with Crippen LogP contribution in [0.2, 0.25) is 0 Å². The van der Waals surface area contributed by atoms with E-state index in [-0.39, 0.29) is 0 Å². The molecule has 0 bridgehead atoms. The number of carboxylic acid groups (broad SMARTS) is 1. The molecular formula is C10H14NO6P. The van der Waals surface area contributed by atoms with E-state index in [2.05, 4.69) is 5.32 Å². The van der Waals surface area contributed by atoms with Crippen molar-refractivity contribution in [1.29, 1.82) is 0 Å². The van der Waals surface area contributed by atoms with Gasteiger partial charge in [0, 0.05) is 0 Å². The number of hydrogen-bond donors (Lipinski definition) is 5. The van der Waals surface area contributed by atoms with Gasteiger partial charge in [-0.3, -0.25) is 14.7 Å². The standard InChI is InChI=1S/C10H14NO6P/c12-9(7-4-2-1-3-5-7)8(10(13)14)11-6-18(15,16)17/h1-5,8-9,11-12H,6H2,(H,13,14)(H2,15,16,17)/t8-,9?/m0/s1. The Morgan fingerprint density at radius 3 is 2.28 bits per heavy atom. The van der Waals surface area contributed by atoms with Crippen molar-refractivity contribution < 1.29 is 29.4 Å². The molecule has 5 N–H and O–H groups in total. The fourth-order valence-electron chi connectivity index (χ4n) is 1.39. The molecule has 0 heterocycles. The minimum Gasteiger partial charge on any atom is -0.480 e. The van der Waals surface area contributed by atoms with Crippen LogP contribution in [0.25, 0.3) is 0 Å². The van der Waals surface area contributed by atoms with Gasteiger partial charge in [0.1, 0.15) is 12.1 Å². The lowest BCUT2D eigenvalue weighted by atomic mass is 10.0. The fourth-order valence-corrected chi connectivity index (χ4v) is 1.83. The van der Waals surface area contributed by atoms with Crippen LogP contribution in [0.4, 0.5) is 0 Å². The van der Waals surface area contributed by atoms with E-state index in [4.69, 9.17) is 14.9 Å². The molecule has 0 spiro atoms. The van der Waals surface area contributed by atoms with Crippen LogP contribution in [0.3, 0.4) is 0 Å². The number of carboxylic acids is 1. The number of carbonyl (C=O) groups is 1. The highest BCUT2D eigenvalue weighted by molar-refractivity contribution is 7.51. The number of aliphatic hydroxyl groups is 1. The lowest BCUT2D eigenvalue weighted by Crippen LogP contribution is -2.42. The Bertz CT molecular complexity index is 445. The Labute approximate surface area is 103 Å². The second-order valence-electron chi connectivity index (χ2n) is 3.70. The van der Waals surface area contributed by atoms with Gasteiger partial charge in [0.2, 0.25) is 0 Å². The van der Waals surface area contributed by atoms with Gasteiger partial charge in [-0.05, 0) is 5.56 Å². The first-order valence-electron chi connectivity index (χ1n) is 5.05. The molecule has 0 aromatic heterocycles. The van der Waals surface area contributed by atoms with Crippen LogP contribution in [0.1, 0.15) is 11.7 Å². The lowest BCUT2D eigenvalue weighted by molar-refractivity contribution is -0.142. The molecule has 7 nitrogen and oxygen atoms in total. The summed E-state index contributed by atoms with van der Waals surface area (Å²) in [5, 5.41) is 20.9. The maximum Gasteiger partial charge on any atom is 0.339 e. The first-order valence-corrected chi connectivity index (χ1v) is 6.85. The van der Waals surface area contributed by atoms with Gasteiger partial charge >= 0.3 is 13.6 Å². The minimum absolute atomic E-state index is 0.350. The second-order valence-corrected chi connectivity index (χ2v) is 5.34. The normalized spacial score (nSPS) is 15.1. The Balaban J connectivity index is 2.79. The summed E-state index contributed by atoms with van der Waals surface area (Å²) in [4.78, 5) is 28.3. The molecule has 2 atom stereocenters. The predicted molar refractivity (Wildman–Crippen MR) is 62.9 cm³/mol. The van der Waals surface area contributed by atoms with Crippen LogP contribution < -0.4 is 5.32 Å². The average Bonchev–Trinajstić information content (AvgIpc) is 2.28. The molecule has 1 unspecified atom stereocenters. The van der Waals surface area contributed by atoms with Crippen molar-refractivity contribution in [1.82, 2.24) is 5.32 Å². The fraction of sp³-hybridized carbons (Fsp3) is 0.300. The van der Waals surface area contributed by atoms with Gasteiger partial charge in [-0.25, -0.2) is 0 Å². The molecule has 0 fully saturated rings. The third kappa shape index (κ3) is 4.56. The quantitative estimate of drug-likeness (QED) is 0.459. The molecule has 1 aromatic carbocycles. The summed E-state index contributed by atoms with van der Waals surface area (Å²) in [6, 6.07) is 6.52. The van der Waals surface area contributed by atoms with E-state index in [9.17, 15) is 14.5 Å². The molecule has 1 aromatic rings. The summed E-state index contributed by atoms with van der Waals surface area (Å²) >= 11 is 0. The minimum atomic E-state index is -4.38. The Morgan fingerprint density at radius 2 is 1.83 bits per heavy atom. The molecule has 0 radical (unpaired) electrons. The second kappa shape index (κ2) is 6.08. The van der Waals surface area contributed by atoms with Crippen LogP contribution in [-0.4, -0.2) is 38.3 Å². The number of hydrogen-bond acceptors (Lipinski definition) is 4. The van der Waals surface area contributed by atoms with Crippen molar-refractivity contribution in [2.45, 2.75) is 12.1 Å². The zero-order chi connectivity index (χ0) is 13.8. The number of benzene rings is 1. The van der Waals surface area contributed by atoms with Gasteiger partial charge < -0.3 is 20.0 Å². The molecule has 0 amide bonds. The van der Waals surface area contributed by atoms with Crippen LogP contribution in [0, 0.1) is 0 Å². The summed E-state index contributed by atoms with van der Waals surface area (Å²) < 4.78 is 10.7. The highest BCUT2D eigenvalue weighted by atomic mass is 31.2. The molecule has 0 aliphatic rings. The Morgan fingerprint density at radius 1 is 1.28 bits per heavy atom. The highest BCUT2D eigenvalue weighted by Crippen LogP contribution is 2.32. The van der Waals surface area contributed by atoms with Gasteiger partial charge in [0.25, 0.3) is 0 Å². The van der Waals surface area contributed by atoms with Gasteiger partial charge in [0.15, 0.2) is 0 Å². The van der Waals surface area contributed by atoms with E-state index in [1.165, 1.54) is 12.1 Å². The molecule has 1 rings (SSSR count). The molecule has 18 heavy (non-hydrogen) atoms.